The number of benzene rings is 1. The molecule has 1 atom stereocenters. The fourth-order valence-corrected chi connectivity index (χ4v) is 3.22. The Morgan fingerprint density at radius 2 is 1.96 bits per heavy atom. The lowest BCUT2D eigenvalue weighted by Crippen LogP contribution is -2.49. The number of carbonyl (C=O) groups excluding carboxylic acids is 2. The number of Topliss-reactive ketones (excluding diaryl/α,β-unsaturated/α-hetero) is 1. The van der Waals surface area contributed by atoms with Gasteiger partial charge in [0.2, 0.25) is 0 Å². The van der Waals surface area contributed by atoms with E-state index in [1.165, 1.54) is 12.1 Å². The van der Waals surface area contributed by atoms with Gasteiger partial charge in [-0.1, -0.05) is 0 Å². The van der Waals surface area contributed by atoms with Crippen LogP contribution in [0.15, 0.2) is 30.3 Å². The van der Waals surface area contributed by atoms with Crippen molar-refractivity contribution in [1.29, 1.82) is 0 Å². The van der Waals surface area contributed by atoms with Crippen LogP contribution in [-0.2, 0) is 9.53 Å². The number of hydrogen-bond donors (Lipinski definition) is 0. The maximum atomic E-state index is 13.1. The van der Waals surface area contributed by atoms with Crippen LogP contribution in [0.25, 0.3) is 5.69 Å². The largest absolute Gasteiger partial charge is 0.367 e. The topological polar surface area (TPSA) is 64.4 Å². The molecule has 0 radical (unpaired) electrons. The summed E-state index contributed by atoms with van der Waals surface area (Å²) in [4.78, 5) is 26.7. The molecule has 0 bridgehead atoms. The minimum atomic E-state index is -0.527. The number of amides is 1. The first-order valence-corrected chi connectivity index (χ1v) is 8.80. The highest BCUT2D eigenvalue weighted by atomic mass is 19.1. The molecule has 0 N–H and O–H groups in total. The highest BCUT2D eigenvalue weighted by Crippen LogP contribution is 2.32. The van der Waals surface area contributed by atoms with Crippen LogP contribution in [-0.4, -0.2) is 52.2 Å². The van der Waals surface area contributed by atoms with E-state index in [-0.39, 0.29) is 30.0 Å². The normalized spacial score (nSPS) is 20.2. The lowest BCUT2D eigenvalue weighted by Gasteiger charge is -2.31. The van der Waals surface area contributed by atoms with Gasteiger partial charge in [-0.25, -0.2) is 9.07 Å². The fourth-order valence-electron chi connectivity index (χ4n) is 3.22. The number of aryl methyl sites for hydroxylation is 1. The van der Waals surface area contributed by atoms with Gasteiger partial charge in [-0.2, -0.15) is 5.10 Å². The molecule has 2 heterocycles. The van der Waals surface area contributed by atoms with E-state index in [2.05, 4.69) is 5.10 Å². The molecule has 1 aromatic heterocycles. The minimum absolute atomic E-state index is 0.106. The average Bonchev–Trinajstić information content (AvgIpc) is 3.43. The predicted molar refractivity (Wildman–Crippen MR) is 91.6 cm³/mol. The van der Waals surface area contributed by atoms with E-state index >= 15 is 0 Å². The summed E-state index contributed by atoms with van der Waals surface area (Å²) in [7, 11) is 0. The molecular formula is C19H20FN3O3. The van der Waals surface area contributed by atoms with Gasteiger partial charge in [0.15, 0.2) is 11.5 Å². The van der Waals surface area contributed by atoms with Crippen molar-refractivity contribution >= 4 is 11.7 Å². The molecule has 6 nitrogen and oxygen atoms in total. The summed E-state index contributed by atoms with van der Waals surface area (Å²) in [5.74, 6) is -0.328. The molecule has 1 aliphatic heterocycles. The van der Waals surface area contributed by atoms with Crippen LogP contribution < -0.4 is 0 Å². The maximum absolute atomic E-state index is 13.1. The number of hydrogen-bond acceptors (Lipinski definition) is 4. The van der Waals surface area contributed by atoms with Crippen molar-refractivity contribution in [3.63, 3.8) is 0 Å². The average molecular weight is 357 g/mol. The Balaban J connectivity index is 1.51. The third-order valence-corrected chi connectivity index (χ3v) is 4.83. The van der Waals surface area contributed by atoms with E-state index in [1.807, 2.05) is 6.92 Å². The molecule has 26 heavy (non-hydrogen) atoms. The molecule has 1 aliphatic carbocycles. The third-order valence-electron chi connectivity index (χ3n) is 4.83. The monoisotopic (exact) mass is 357 g/mol. The van der Waals surface area contributed by atoms with Crippen molar-refractivity contribution in [2.45, 2.75) is 25.9 Å². The molecule has 2 fully saturated rings. The first-order chi connectivity index (χ1) is 12.5. The van der Waals surface area contributed by atoms with E-state index in [4.69, 9.17) is 4.74 Å². The molecule has 0 spiro atoms. The van der Waals surface area contributed by atoms with Crippen LogP contribution in [0.4, 0.5) is 4.39 Å². The summed E-state index contributed by atoms with van der Waals surface area (Å²) in [6.45, 7) is 2.91. The molecular weight excluding hydrogens is 337 g/mol. The summed E-state index contributed by atoms with van der Waals surface area (Å²) in [6.07, 6.45) is 1.32. The van der Waals surface area contributed by atoms with Gasteiger partial charge in [-0.15, -0.1) is 0 Å². The number of ether oxygens (including phenoxy) is 1. The number of aromatic nitrogens is 2. The van der Waals surface area contributed by atoms with Crippen LogP contribution in [0.1, 0.15) is 29.0 Å². The summed E-state index contributed by atoms with van der Waals surface area (Å²) < 4.78 is 20.3. The molecule has 1 unspecified atom stereocenters. The second kappa shape index (κ2) is 6.64. The lowest BCUT2D eigenvalue weighted by atomic mass is 10.1. The Hall–Kier alpha value is -2.54. The quantitative estimate of drug-likeness (QED) is 0.841. The first-order valence-electron chi connectivity index (χ1n) is 8.80. The molecule has 1 aromatic carbocycles. The Morgan fingerprint density at radius 1 is 1.23 bits per heavy atom. The van der Waals surface area contributed by atoms with Crippen molar-refractivity contribution in [2.75, 3.05) is 19.7 Å². The Morgan fingerprint density at radius 3 is 2.65 bits per heavy atom. The van der Waals surface area contributed by atoms with Crippen molar-refractivity contribution in [1.82, 2.24) is 14.7 Å². The highest BCUT2D eigenvalue weighted by molar-refractivity contribution is 5.94. The number of halogens is 1. The smallest absolute Gasteiger partial charge is 0.274 e. The summed E-state index contributed by atoms with van der Waals surface area (Å²) in [5, 5.41) is 4.38. The van der Waals surface area contributed by atoms with E-state index in [1.54, 1.807) is 27.8 Å². The van der Waals surface area contributed by atoms with Gasteiger partial charge in [0.05, 0.1) is 18.8 Å². The summed E-state index contributed by atoms with van der Waals surface area (Å²) >= 11 is 0. The van der Waals surface area contributed by atoms with Crippen LogP contribution in [0, 0.1) is 18.7 Å². The molecule has 1 saturated carbocycles. The third kappa shape index (κ3) is 3.26. The van der Waals surface area contributed by atoms with Crippen LogP contribution in [0.2, 0.25) is 0 Å². The second-order valence-corrected chi connectivity index (χ2v) is 6.85. The lowest BCUT2D eigenvalue weighted by molar-refractivity contribution is -0.136. The van der Waals surface area contributed by atoms with Gasteiger partial charge in [0, 0.05) is 18.2 Å². The van der Waals surface area contributed by atoms with Crippen molar-refractivity contribution < 1.29 is 18.7 Å². The standard InChI is InChI=1S/C19H20FN3O3/c1-12-10-16(21-23(12)15-6-4-14(20)5-7-15)19(25)22-8-9-26-17(11-22)18(24)13-2-3-13/h4-7,10,13,17H,2-3,8-9,11H2,1H3. The van der Waals surface area contributed by atoms with E-state index in [0.29, 0.717) is 24.5 Å². The van der Waals surface area contributed by atoms with Crippen LogP contribution in [0.5, 0.6) is 0 Å². The summed E-state index contributed by atoms with van der Waals surface area (Å²) in [5.41, 5.74) is 1.77. The Kier molecular flexibility index (Phi) is 4.32. The van der Waals surface area contributed by atoms with Gasteiger partial charge >= 0.3 is 0 Å². The van der Waals surface area contributed by atoms with Crippen LogP contribution >= 0.6 is 0 Å². The molecule has 2 aromatic rings. The second-order valence-electron chi connectivity index (χ2n) is 6.85. The van der Waals surface area contributed by atoms with Crippen LogP contribution in [0.3, 0.4) is 0 Å². The number of ketones is 1. The number of carbonyl (C=O) groups is 2. The first kappa shape index (κ1) is 16.9. The number of nitrogens with zero attached hydrogens (tertiary/aromatic N) is 3. The Labute approximate surface area is 150 Å². The van der Waals surface area contributed by atoms with Gasteiger partial charge < -0.3 is 9.64 Å². The van der Waals surface area contributed by atoms with Gasteiger partial charge in [0.1, 0.15) is 11.9 Å². The molecule has 136 valence electrons. The zero-order chi connectivity index (χ0) is 18.3. The number of rotatable bonds is 4. The minimum Gasteiger partial charge on any atom is -0.367 e. The van der Waals surface area contributed by atoms with Gasteiger partial charge in [-0.3, -0.25) is 9.59 Å². The molecule has 7 heteroatoms. The van der Waals surface area contributed by atoms with Crippen molar-refractivity contribution in [3.8, 4) is 5.69 Å². The highest BCUT2D eigenvalue weighted by Gasteiger charge is 2.38. The molecule has 2 aliphatic rings. The molecule has 1 amide bonds. The zero-order valence-electron chi connectivity index (χ0n) is 14.5. The fraction of sp³-hybridized carbons (Fsp3) is 0.421. The van der Waals surface area contributed by atoms with Gasteiger partial charge in [0.25, 0.3) is 5.91 Å². The molecule has 4 rings (SSSR count). The Bertz CT molecular complexity index is 842. The van der Waals surface area contributed by atoms with E-state index < -0.39 is 6.10 Å². The van der Waals surface area contributed by atoms with E-state index in [0.717, 1.165) is 18.5 Å². The maximum Gasteiger partial charge on any atom is 0.274 e. The van der Waals surface area contributed by atoms with Crippen molar-refractivity contribution in [3.05, 3.63) is 47.5 Å². The SMILES string of the molecule is Cc1cc(C(=O)N2CCOC(C(=O)C3CC3)C2)nn1-c1ccc(F)cc1. The van der Waals surface area contributed by atoms with E-state index in [9.17, 15) is 14.0 Å². The molecule has 1 saturated heterocycles. The zero-order valence-corrected chi connectivity index (χ0v) is 14.5. The number of morpholine rings is 1. The predicted octanol–water partition coefficient (Wildman–Crippen LogP) is 2.14. The summed E-state index contributed by atoms with van der Waals surface area (Å²) in [6, 6.07) is 7.65. The van der Waals surface area contributed by atoms with Gasteiger partial charge in [-0.05, 0) is 50.1 Å². The van der Waals surface area contributed by atoms with Crippen molar-refractivity contribution in [2.24, 2.45) is 5.92 Å².